The summed E-state index contributed by atoms with van der Waals surface area (Å²) in [6.07, 6.45) is -5.22. The summed E-state index contributed by atoms with van der Waals surface area (Å²) in [7, 11) is -5.04. The van der Waals surface area contributed by atoms with E-state index in [4.69, 9.17) is 0 Å². The van der Waals surface area contributed by atoms with E-state index in [1.807, 2.05) is 36.4 Å². The summed E-state index contributed by atoms with van der Waals surface area (Å²) in [5.74, 6) is 0. The number of aliphatic hydroxyl groups excluding tert-OH is 3. The fraction of sp³-hybridized carbons (Fsp3) is 0.200. The maximum absolute atomic E-state index is 11.6. The zero-order valence-electron chi connectivity index (χ0n) is 13.9. The lowest BCUT2D eigenvalue weighted by Crippen LogP contribution is -2.46. The minimum Gasteiger partial charge on any atom is -0.748 e. The van der Waals surface area contributed by atoms with Gasteiger partial charge in [0.15, 0.2) is 0 Å². The highest BCUT2D eigenvalue weighted by Crippen LogP contribution is 2.46. The number of rotatable bonds is 1. The first-order valence-corrected chi connectivity index (χ1v) is 9.95. The van der Waals surface area contributed by atoms with Gasteiger partial charge in [-0.15, -0.1) is 0 Å². The summed E-state index contributed by atoms with van der Waals surface area (Å²) in [5.41, 5.74) is 0.420. The Kier molecular flexibility index (Phi) is 3.35. The van der Waals surface area contributed by atoms with E-state index in [-0.39, 0.29) is 11.1 Å². The molecular formula is C20H15O6S-. The van der Waals surface area contributed by atoms with Crippen molar-refractivity contribution in [2.75, 3.05) is 0 Å². The van der Waals surface area contributed by atoms with Gasteiger partial charge in [-0.3, -0.25) is 0 Å². The Morgan fingerprint density at radius 2 is 1.44 bits per heavy atom. The van der Waals surface area contributed by atoms with Gasteiger partial charge in [0.1, 0.15) is 27.6 Å². The van der Waals surface area contributed by atoms with E-state index >= 15 is 0 Å². The summed E-state index contributed by atoms with van der Waals surface area (Å²) >= 11 is 0. The minimum atomic E-state index is -5.04. The van der Waals surface area contributed by atoms with E-state index in [0.717, 1.165) is 26.9 Å². The lowest BCUT2D eigenvalue weighted by molar-refractivity contribution is -0.0263. The van der Waals surface area contributed by atoms with Gasteiger partial charge in [0, 0.05) is 0 Å². The van der Waals surface area contributed by atoms with Crippen LogP contribution in [0.3, 0.4) is 0 Å². The van der Waals surface area contributed by atoms with Gasteiger partial charge in [0.25, 0.3) is 0 Å². The molecule has 1 aliphatic carbocycles. The third-order valence-corrected chi connectivity index (χ3v) is 6.84. The van der Waals surface area contributed by atoms with Gasteiger partial charge >= 0.3 is 0 Å². The SMILES string of the molecule is O=S(=O)([O-])C1C(O)c2c(cc3ccc4cccc5ccc2c3c45)C(O)C1O. The van der Waals surface area contributed by atoms with Crippen LogP contribution < -0.4 is 0 Å². The Balaban J connectivity index is 1.96. The maximum Gasteiger partial charge on any atom is 0.108 e. The van der Waals surface area contributed by atoms with Crippen molar-refractivity contribution >= 4 is 42.4 Å². The van der Waals surface area contributed by atoms with E-state index < -0.39 is 33.7 Å². The summed E-state index contributed by atoms with van der Waals surface area (Å²) < 4.78 is 34.9. The van der Waals surface area contributed by atoms with E-state index in [1.54, 1.807) is 12.1 Å². The molecule has 27 heavy (non-hydrogen) atoms. The highest BCUT2D eigenvalue weighted by atomic mass is 32.2. The maximum atomic E-state index is 11.6. The molecule has 0 saturated heterocycles. The zero-order valence-corrected chi connectivity index (χ0v) is 14.7. The van der Waals surface area contributed by atoms with Gasteiger partial charge in [-0.25, -0.2) is 8.42 Å². The standard InChI is InChI=1S/C20H16O6S/c21-17-13-8-11-5-4-9-2-1-3-10-6-7-12(15(11)14(9)10)16(13)18(22)20(19(17)23)27(24,25)26/h1-8,17-23H,(H,24,25,26)/p-1. The van der Waals surface area contributed by atoms with Gasteiger partial charge in [0.05, 0.1) is 6.10 Å². The minimum absolute atomic E-state index is 0.183. The molecule has 0 heterocycles. The molecule has 6 nitrogen and oxygen atoms in total. The van der Waals surface area contributed by atoms with Crippen LogP contribution in [0, 0.1) is 0 Å². The lowest BCUT2D eigenvalue weighted by atomic mass is 9.79. The van der Waals surface area contributed by atoms with Crippen LogP contribution >= 0.6 is 0 Å². The smallest absolute Gasteiger partial charge is 0.108 e. The fourth-order valence-electron chi connectivity index (χ4n) is 4.47. The normalized spacial score (nSPS) is 26.1. The molecule has 3 N–H and O–H groups in total. The van der Waals surface area contributed by atoms with Gasteiger partial charge in [-0.2, -0.15) is 0 Å². The van der Waals surface area contributed by atoms with E-state index in [0.29, 0.717) is 5.39 Å². The van der Waals surface area contributed by atoms with Gasteiger partial charge in [-0.05, 0) is 49.5 Å². The fourth-order valence-corrected chi connectivity index (χ4v) is 5.41. The molecule has 0 amide bonds. The van der Waals surface area contributed by atoms with Crippen molar-refractivity contribution in [3.05, 3.63) is 59.7 Å². The third kappa shape index (κ3) is 2.17. The molecule has 0 spiro atoms. The van der Waals surface area contributed by atoms with Crippen molar-refractivity contribution in [3.63, 3.8) is 0 Å². The molecule has 4 atom stereocenters. The third-order valence-electron chi connectivity index (χ3n) is 5.64. The Bertz CT molecular complexity index is 1300. The van der Waals surface area contributed by atoms with Crippen LogP contribution in [0.15, 0.2) is 48.5 Å². The Hall–Kier alpha value is -2.29. The molecule has 4 aromatic carbocycles. The molecule has 0 aromatic heterocycles. The molecule has 0 fully saturated rings. The van der Waals surface area contributed by atoms with Crippen LogP contribution in [0.5, 0.6) is 0 Å². The van der Waals surface area contributed by atoms with Crippen LogP contribution in [0.25, 0.3) is 32.3 Å². The van der Waals surface area contributed by atoms with Crippen LogP contribution in [0.2, 0.25) is 0 Å². The predicted octanol–water partition coefficient (Wildman–Crippen LogP) is 1.94. The lowest BCUT2D eigenvalue weighted by Gasteiger charge is -2.39. The molecule has 0 saturated carbocycles. The van der Waals surface area contributed by atoms with Crippen molar-refractivity contribution in [2.24, 2.45) is 0 Å². The topological polar surface area (TPSA) is 118 Å². The highest BCUT2D eigenvalue weighted by Gasteiger charge is 2.45. The second-order valence-electron chi connectivity index (χ2n) is 7.07. The summed E-state index contributed by atoms with van der Waals surface area (Å²) in [5, 5.41) is 34.5. The van der Waals surface area contributed by atoms with E-state index in [2.05, 4.69) is 0 Å². The van der Waals surface area contributed by atoms with Crippen molar-refractivity contribution in [2.45, 2.75) is 23.6 Å². The highest BCUT2D eigenvalue weighted by molar-refractivity contribution is 7.86. The second-order valence-corrected chi connectivity index (χ2v) is 8.60. The van der Waals surface area contributed by atoms with Crippen LogP contribution in [-0.2, 0) is 10.1 Å². The van der Waals surface area contributed by atoms with E-state index in [9.17, 15) is 28.3 Å². The number of fused-ring (bicyclic) bond motifs is 2. The van der Waals surface area contributed by atoms with E-state index in [1.165, 1.54) is 0 Å². The Morgan fingerprint density at radius 3 is 2.11 bits per heavy atom. The van der Waals surface area contributed by atoms with Crippen molar-refractivity contribution in [1.29, 1.82) is 0 Å². The summed E-state index contributed by atoms with van der Waals surface area (Å²) in [4.78, 5) is 0. The second kappa shape index (κ2) is 5.37. The average molecular weight is 383 g/mol. The van der Waals surface area contributed by atoms with Crippen molar-refractivity contribution in [1.82, 2.24) is 0 Å². The first-order valence-electron chi connectivity index (χ1n) is 8.48. The largest absolute Gasteiger partial charge is 0.748 e. The van der Waals surface area contributed by atoms with Crippen LogP contribution in [-0.4, -0.2) is 39.6 Å². The molecule has 0 bridgehead atoms. The first-order chi connectivity index (χ1) is 12.8. The van der Waals surface area contributed by atoms with Gasteiger partial charge < -0.3 is 19.9 Å². The quantitative estimate of drug-likeness (QED) is 0.341. The monoisotopic (exact) mass is 383 g/mol. The van der Waals surface area contributed by atoms with Crippen LogP contribution in [0.1, 0.15) is 23.3 Å². The zero-order chi connectivity index (χ0) is 19.1. The molecule has 4 aromatic rings. The average Bonchev–Trinajstić information content (AvgIpc) is 2.62. The molecule has 4 unspecified atom stereocenters. The molecule has 5 rings (SSSR count). The number of aliphatic hydroxyl groups is 3. The number of hydrogen-bond acceptors (Lipinski definition) is 6. The summed E-state index contributed by atoms with van der Waals surface area (Å²) in [6, 6.07) is 14.9. The van der Waals surface area contributed by atoms with Crippen LogP contribution in [0.4, 0.5) is 0 Å². The number of benzene rings is 4. The van der Waals surface area contributed by atoms with Gasteiger partial charge in [-0.1, -0.05) is 42.5 Å². The summed E-state index contributed by atoms with van der Waals surface area (Å²) in [6.45, 7) is 0. The molecule has 0 aliphatic heterocycles. The molecule has 7 heteroatoms. The van der Waals surface area contributed by atoms with Crippen molar-refractivity contribution < 1.29 is 28.3 Å². The first kappa shape index (κ1) is 16.9. The number of hydrogen-bond donors (Lipinski definition) is 3. The Labute approximate surface area is 154 Å². The molecular weight excluding hydrogens is 368 g/mol. The Morgan fingerprint density at radius 1 is 0.815 bits per heavy atom. The van der Waals surface area contributed by atoms with Crippen molar-refractivity contribution in [3.8, 4) is 0 Å². The van der Waals surface area contributed by atoms with Gasteiger partial charge in [0.2, 0.25) is 0 Å². The predicted molar refractivity (Wildman–Crippen MR) is 99.6 cm³/mol. The molecule has 138 valence electrons. The molecule has 0 radical (unpaired) electrons. The molecule has 1 aliphatic rings.